The Morgan fingerprint density at radius 1 is 1.28 bits per heavy atom. The molecule has 0 fully saturated rings. The van der Waals surface area contributed by atoms with Gasteiger partial charge in [-0.25, -0.2) is 0 Å². The van der Waals surface area contributed by atoms with Crippen molar-refractivity contribution in [1.82, 2.24) is 0 Å². The molecule has 0 saturated heterocycles. The summed E-state index contributed by atoms with van der Waals surface area (Å²) in [4.78, 5) is 4.53. The van der Waals surface area contributed by atoms with E-state index in [-0.39, 0.29) is 5.54 Å². The van der Waals surface area contributed by atoms with Crippen molar-refractivity contribution in [2.24, 2.45) is 4.99 Å². The van der Waals surface area contributed by atoms with Gasteiger partial charge in [0.15, 0.2) is 0 Å². The number of rotatable bonds is 7. The smallest absolute Gasteiger partial charge is 0.118 e. The van der Waals surface area contributed by atoms with E-state index in [0.29, 0.717) is 13.2 Å². The third kappa shape index (κ3) is 5.15. The number of hydrogen-bond acceptors (Lipinski definition) is 3. The molecule has 0 atom stereocenters. The van der Waals surface area contributed by atoms with Crippen LogP contribution >= 0.6 is 0 Å². The highest BCUT2D eigenvalue weighted by atomic mass is 16.5. The Labute approximate surface area is 109 Å². The number of methoxy groups -OCH3 is 1. The van der Waals surface area contributed by atoms with Gasteiger partial charge in [0.05, 0.1) is 25.9 Å². The number of hydrogen-bond donors (Lipinski definition) is 0. The monoisotopic (exact) mass is 247 g/mol. The molecule has 0 unspecified atom stereocenters. The first-order chi connectivity index (χ1) is 8.57. The molecule has 3 heteroatoms. The highest BCUT2D eigenvalue weighted by molar-refractivity contribution is 5.80. The SMILES string of the molecule is C=CCOCC(C)(C)N=Cc1ccc(OC)cc1. The van der Waals surface area contributed by atoms with E-state index in [4.69, 9.17) is 9.47 Å². The van der Waals surface area contributed by atoms with Gasteiger partial charge >= 0.3 is 0 Å². The van der Waals surface area contributed by atoms with E-state index >= 15 is 0 Å². The molecule has 1 rings (SSSR count). The molecule has 0 aliphatic heterocycles. The summed E-state index contributed by atoms with van der Waals surface area (Å²) in [7, 11) is 1.66. The molecule has 0 spiro atoms. The number of nitrogens with zero attached hydrogens (tertiary/aromatic N) is 1. The lowest BCUT2D eigenvalue weighted by Gasteiger charge is -2.18. The fraction of sp³-hybridized carbons (Fsp3) is 0.400. The van der Waals surface area contributed by atoms with Crippen LogP contribution in [-0.2, 0) is 4.74 Å². The van der Waals surface area contributed by atoms with Crippen LogP contribution in [0.15, 0.2) is 41.9 Å². The van der Waals surface area contributed by atoms with Gasteiger partial charge in [-0.1, -0.05) is 6.08 Å². The van der Waals surface area contributed by atoms with Crippen molar-refractivity contribution >= 4 is 6.21 Å². The zero-order valence-corrected chi connectivity index (χ0v) is 11.3. The Bertz CT molecular complexity index is 393. The van der Waals surface area contributed by atoms with Gasteiger partial charge in [-0.15, -0.1) is 6.58 Å². The fourth-order valence-corrected chi connectivity index (χ4v) is 1.37. The lowest BCUT2D eigenvalue weighted by molar-refractivity contribution is 0.121. The van der Waals surface area contributed by atoms with Gasteiger partial charge in [0.25, 0.3) is 0 Å². The normalized spacial score (nSPS) is 11.7. The third-order valence-corrected chi connectivity index (χ3v) is 2.37. The lowest BCUT2D eigenvalue weighted by atomic mass is 10.1. The predicted molar refractivity (Wildman–Crippen MR) is 75.7 cm³/mol. The number of aliphatic imine (C=N–C) groups is 1. The van der Waals surface area contributed by atoms with Gasteiger partial charge in [0.2, 0.25) is 0 Å². The second-order valence-electron chi connectivity index (χ2n) is 4.65. The summed E-state index contributed by atoms with van der Waals surface area (Å²) in [6.45, 7) is 8.82. The largest absolute Gasteiger partial charge is 0.497 e. The van der Waals surface area contributed by atoms with Crippen LogP contribution in [0, 0.1) is 0 Å². The molecule has 0 amide bonds. The van der Waals surface area contributed by atoms with Crippen molar-refractivity contribution in [3.63, 3.8) is 0 Å². The minimum absolute atomic E-state index is 0.233. The van der Waals surface area contributed by atoms with Gasteiger partial charge in [-0.3, -0.25) is 4.99 Å². The first kappa shape index (κ1) is 14.5. The molecule has 0 aliphatic rings. The van der Waals surface area contributed by atoms with E-state index in [1.54, 1.807) is 13.2 Å². The van der Waals surface area contributed by atoms with Crippen molar-refractivity contribution in [1.29, 1.82) is 0 Å². The quantitative estimate of drug-likeness (QED) is 0.421. The van der Waals surface area contributed by atoms with E-state index in [0.717, 1.165) is 11.3 Å². The molecule has 98 valence electrons. The maximum atomic E-state index is 5.42. The van der Waals surface area contributed by atoms with E-state index in [1.165, 1.54) is 0 Å². The van der Waals surface area contributed by atoms with Crippen LogP contribution in [-0.4, -0.2) is 32.1 Å². The van der Waals surface area contributed by atoms with Crippen LogP contribution in [0.5, 0.6) is 5.75 Å². The van der Waals surface area contributed by atoms with E-state index < -0.39 is 0 Å². The van der Waals surface area contributed by atoms with E-state index in [2.05, 4.69) is 11.6 Å². The molecule has 18 heavy (non-hydrogen) atoms. The molecule has 0 saturated carbocycles. The van der Waals surface area contributed by atoms with E-state index in [9.17, 15) is 0 Å². The van der Waals surface area contributed by atoms with Crippen molar-refractivity contribution in [3.05, 3.63) is 42.5 Å². The lowest BCUT2D eigenvalue weighted by Crippen LogP contribution is -2.24. The molecule has 0 radical (unpaired) electrons. The van der Waals surface area contributed by atoms with Gasteiger partial charge < -0.3 is 9.47 Å². The molecule has 0 bridgehead atoms. The van der Waals surface area contributed by atoms with Crippen LogP contribution in [0.1, 0.15) is 19.4 Å². The van der Waals surface area contributed by atoms with Crippen LogP contribution in [0.2, 0.25) is 0 Å². The zero-order chi connectivity index (χ0) is 13.4. The maximum Gasteiger partial charge on any atom is 0.118 e. The fourth-order valence-electron chi connectivity index (χ4n) is 1.37. The van der Waals surface area contributed by atoms with Crippen LogP contribution < -0.4 is 4.74 Å². The second-order valence-corrected chi connectivity index (χ2v) is 4.65. The summed E-state index contributed by atoms with van der Waals surface area (Å²) in [5.41, 5.74) is 0.816. The topological polar surface area (TPSA) is 30.8 Å². The third-order valence-electron chi connectivity index (χ3n) is 2.37. The minimum atomic E-state index is -0.233. The highest BCUT2D eigenvalue weighted by Crippen LogP contribution is 2.12. The second kappa shape index (κ2) is 6.97. The molecule has 0 aromatic heterocycles. The number of ether oxygens (including phenoxy) is 2. The molecule has 0 N–H and O–H groups in total. The maximum absolute atomic E-state index is 5.42. The Morgan fingerprint density at radius 3 is 2.50 bits per heavy atom. The Kier molecular flexibility index (Phi) is 5.59. The molecular formula is C15H21NO2. The average molecular weight is 247 g/mol. The van der Waals surface area contributed by atoms with Crippen molar-refractivity contribution < 1.29 is 9.47 Å². The summed E-state index contributed by atoms with van der Waals surface area (Å²) in [6, 6.07) is 7.79. The molecular weight excluding hydrogens is 226 g/mol. The summed E-state index contributed by atoms with van der Waals surface area (Å²) in [6.07, 6.45) is 3.60. The molecule has 1 aromatic carbocycles. The van der Waals surface area contributed by atoms with Gasteiger partial charge in [0.1, 0.15) is 5.75 Å². The first-order valence-corrected chi connectivity index (χ1v) is 5.95. The average Bonchev–Trinajstić information content (AvgIpc) is 2.37. The van der Waals surface area contributed by atoms with Crippen LogP contribution in [0.4, 0.5) is 0 Å². The Hall–Kier alpha value is -1.61. The molecule has 0 heterocycles. The van der Waals surface area contributed by atoms with Gasteiger partial charge in [-0.2, -0.15) is 0 Å². The van der Waals surface area contributed by atoms with E-state index in [1.807, 2.05) is 44.3 Å². The molecule has 0 aliphatic carbocycles. The highest BCUT2D eigenvalue weighted by Gasteiger charge is 2.14. The Morgan fingerprint density at radius 2 is 1.94 bits per heavy atom. The number of benzene rings is 1. The summed E-state index contributed by atoms with van der Waals surface area (Å²) >= 11 is 0. The Balaban J connectivity index is 2.57. The minimum Gasteiger partial charge on any atom is -0.497 e. The summed E-state index contributed by atoms with van der Waals surface area (Å²) in [5.74, 6) is 0.848. The van der Waals surface area contributed by atoms with Crippen LogP contribution in [0.3, 0.4) is 0 Å². The molecule has 1 aromatic rings. The first-order valence-electron chi connectivity index (χ1n) is 5.95. The standard InChI is InChI=1S/C15H21NO2/c1-5-10-18-12-15(2,3)16-11-13-6-8-14(17-4)9-7-13/h5-9,11H,1,10,12H2,2-4H3. The van der Waals surface area contributed by atoms with Crippen LogP contribution in [0.25, 0.3) is 0 Å². The van der Waals surface area contributed by atoms with Crippen molar-refractivity contribution in [2.45, 2.75) is 19.4 Å². The summed E-state index contributed by atoms with van der Waals surface area (Å²) in [5, 5.41) is 0. The summed E-state index contributed by atoms with van der Waals surface area (Å²) < 4.78 is 10.5. The zero-order valence-electron chi connectivity index (χ0n) is 11.3. The van der Waals surface area contributed by atoms with Crippen molar-refractivity contribution in [2.75, 3.05) is 20.3 Å². The van der Waals surface area contributed by atoms with Crippen molar-refractivity contribution in [3.8, 4) is 5.75 Å². The van der Waals surface area contributed by atoms with Gasteiger partial charge in [0, 0.05) is 6.21 Å². The molecule has 3 nitrogen and oxygen atoms in total. The van der Waals surface area contributed by atoms with Gasteiger partial charge in [-0.05, 0) is 43.7 Å². The predicted octanol–water partition coefficient (Wildman–Crippen LogP) is 3.10.